The van der Waals surface area contributed by atoms with Gasteiger partial charge in [-0.3, -0.25) is 5.43 Å². The van der Waals surface area contributed by atoms with Crippen molar-refractivity contribution >= 4 is 16.8 Å². The molecule has 0 aliphatic carbocycles. The SMILES string of the molecule is NCCCC1(c2ccccc2)NN=C(c2cccc(F)c2)S1. The Labute approximate surface area is 133 Å². The van der Waals surface area contributed by atoms with Gasteiger partial charge in [0.15, 0.2) is 0 Å². The maximum absolute atomic E-state index is 13.4. The van der Waals surface area contributed by atoms with Gasteiger partial charge in [0, 0.05) is 5.56 Å². The summed E-state index contributed by atoms with van der Waals surface area (Å²) in [5.41, 5.74) is 10.9. The van der Waals surface area contributed by atoms with Crippen molar-refractivity contribution in [2.75, 3.05) is 6.54 Å². The lowest BCUT2D eigenvalue weighted by molar-refractivity contribution is 0.465. The molecule has 2 aromatic rings. The van der Waals surface area contributed by atoms with E-state index in [1.165, 1.54) is 12.1 Å². The Hall–Kier alpha value is -1.85. The second-order valence-electron chi connectivity index (χ2n) is 5.23. The third-order valence-corrected chi connectivity index (χ3v) is 5.05. The van der Waals surface area contributed by atoms with E-state index in [1.807, 2.05) is 24.3 Å². The molecule has 0 aromatic heterocycles. The Kier molecular flexibility index (Phi) is 4.45. The van der Waals surface area contributed by atoms with E-state index in [0.717, 1.165) is 29.0 Å². The molecule has 0 amide bonds. The van der Waals surface area contributed by atoms with Crippen molar-refractivity contribution in [2.24, 2.45) is 10.8 Å². The minimum atomic E-state index is -0.331. The number of halogens is 1. The van der Waals surface area contributed by atoms with E-state index in [9.17, 15) is 4.39 Å². The highest BCUT2D eigenvalue weighted by Crippen LogP contribution is 2.43. The Balaban J connectivity index is 1.89. The fourth-order valence-electron chi connectivity index (χ4n) is 2.53. The summed E-state index contributed by atoms with van der Waals surface area (Å²) in [7, 11) is 0. The van der Waals surface area contributed by atoms with Crippen molar-refractivity contribution in [3.63, 3.8) is 0 Å². The van der Waals surface area contributed by atoms with Crippen molar-refractivity contribution in [3.8, 4) is 0 Å². The monoisotopic (exact) mass is 315 g/mol. The number of hydrogen-bond acceptors (Lipinski definition) is 4. The second-order valence-corrected chi connectivity index (χ2v) is 6.51. The van der Waals surface area contributed by atoms with E-state index in [2.05, 4.69) is 22.7 Å². The smallest absolute Gasteiger partial charge is 0.131 e. The Bertz CT molecular complexity index is 675. The normalized spacial score (nSPS) is 20.5. The van der Waals surface area contributed by atoms with Crippen LogP contribution in [0.1, 0.15) is 24.0 Å². The van der Waals surface area contributed by atoms with Gasteiger partial charge in [0.2, 0.25) is 0 Å². The average Bonchev–Trinajstić information content (AvgIpc) is 3.00. The zero-order valence-corrected chi connectivity index (χ0v) is 12.9. The molecule has 0 spiro atoms. The van der Waals surface area contributed by atoms with Crippen LogP contribution in [0.2, 0.25) is 0 Å². The number of hydrogen-bond donors (Lipinski definition) is 2. The predicted molar refractivity (Wildman–Crippen MR) is 90.1 cm³/mol. The summed E-state index contributed by atoms with van der Waals surface area (Å²) >= 11 is 1.63. The summed E-state index contributed by atoms with van der Waals surface area (Å²) in [6, 6.07) is 16.7. The van der Waals surface area contributed by atoms with Gasteiger partial charge in [0.25, 0.3) is 0 Å². The van der Waals surface area contributed by atoms with Gasteiger partial charge in [0.05, 0.1) is 0 Å². The summed E-state index contributed by atoms with van der Waals surface area (Å²) in [5, 5.41) is 5.26. The number of nitrogens with two attached hydrogens (primary N) is 1. The van der Waals surface area contributed by atoms with Gasteiger partial charge in [-0.2, -0.15) is 5.10 Å². The van der Waals surface area contributed by atoms with Gasteiger partial charge in [-0.15, -0.1) is 0 Å². The van der Waals surface area contributed by atoms with Gasteiger partial charge in [-0.1, -0.05) is 54.2 Å². The van der Waals surface area contributed by atoms with E-state index in [0.29, 0.717) is 6.54 Å². The molecule has 22 heavy (non-hydrogen) atoms. The van der Waals surface area contributed by atoms with Crippen molar-refractivity contribution in [3.05, 3.63) is 71.5 Å². The Morgan fingerprint density at radius 1 is 1.14 bits per heavy atom. The molecule has 1 unspecified atom stereocenters. The van der Waals surface area contributed by atoms with Gasteiger partial charge in [-0.25, -0.2) is 4.39 Å². The molecular weight excluding hydrogens is 297 g/mol. The molecule has 0 saturated heterocycles. The van der Waals surface area contributed by atoms with Crippen LogP contribution >= 0.6 is 11.8 Å². The molecule has 5 heteroatoms. The van der Waals surface area contributed by atoms with Crippen LogP contribution in [-0.4, -0.2) is 11.6 Å². The summed E-state index contributed by atoms with van der Waals surface area (Å²) < 4.78 is 13.4. The number of hydrazone groups is 1. The molecule has 2 aromatic carbocycles. The summed E-state index contributed by atoms with van der Waals surface area (Å²) in [5.74, 6) is -0.250. The number of thioether (sulfide) groups is 1. The zero-order chi connectivity index (χ0) is 15.4. The summed E-state index contributed by atoms with van der Waals surface area (Å²) in [4.78, 5) is -0.331. The third kappa shape index (κ3) is 3.00. The highest BCUT2D eigenvalue weighted by atomic mass is 32.2. The standard InChI is InChI=1S/C17H18FN3S/c18-15-9-4-6-13(12-15)16-20-21-17(22-16,10-5-11-19)14-7-2-1-3-8-14/h1-4,6-9,12,21H,5,10-11,19H2. The molecule has 3 rings (SSSR count). The Morgan fingerprint density at radius 3 is 2.68 bits per heavy atom. The fraction of sp³-hybridized carbons (Fsp3) is 0.235. The molecule has 114 valence electrons. The maximum Gasteiger partial charge on any atom is 0.131 e. The topological polar surface area (TPSA) is 50.4 Å². The Morgan fingerprint density at radius 2 is 1.95 bits per heavy atom. The largest absolute Gasteiger partial charge is 0.330 e. The second kappa shape index (κ2) is 6.50. The van der Waals surface area contributed by atoms with Crippen LogP contribution < -0.4 is 11.2 Å². The lowest BCUT2D eigenvalue weighted by Gasteiger charge is -2.28. The highest BCUT2D eigenvalue weighted by molar-refractivity contribution is 8.15. The number of rotatable bonds is 5. The van der Waals surface area contributed by atoms with Crippen molar-refractivity contribution in [2.45, 2.75) is 17.7 Å². The van der Waals surface area contributed by atoms with E-state index >= 15 is 0 Å². The van der Waals surface area contributed by atoms with Gasteiger partial charge < -0.3 is 5.73 Å². The minimum absolute atomic E-state index is 0.250. The first-order valence-electron chi connectivity index (χ1n) is 7.29. The fourth-order valence-corrected chi connectivity index (χ4v) is 3.79. The van der Waals surface area contributed by atoms with Crippen LogP contribution in [0.15, 0.2) is 59.7 Å². The molecule has 3 nitrogen and oxygen atoms in total. The van der Waals surface area contributed by atoms with Crippen molar-refractivity contribution in [1.29, 1.82) is 0 Å². The first-order chi connectivity index (χ1) is 10.7. The molecule has 1 atom stereocenters. The lowest BCUT2D eigenvalue weighted by Crippen LogP contribution is -2.33. The van der Waals surface area contributed by atoms with Crippen LogP contribution in [0.25, 0.3) is 0 Å². The molecule has 1 aliphatic heterocycles. The first kappa shape index (κ1) is 15.1. The van der Waals surface area contributed by atoms with Crippen molar-refractivity contribution < 1.29 is 4.39 Å². The molecule has 1 aliphatic rings. The van der Waals surface area contributed by atoms with Gasteiger partial charge in [-0.05, 0) is 37.1 Å². The molecular formula is C17H18FN3S. The van der Waals surface area contributed by atoms with Crippen LogP contribution in [0.3, 0.4) is 0 Å². The van der Waals surface area contributed by atoms with E-state index in [4.69, 9.17) is 5.73 Å². The summed E-state index contributed by atoms with van der Waals surface area (Å²) in [6.45, 7) is 0.631. The van der Waals surface area contributed by atoms with Crippen molar-refractivity contribution in [1.82, 2.24) is 5.43 Å². The van der Waals surface area contributed by atoms with Crippen LogP contribution in [-0.2, 0) is 4.87 Å². The third-order valence-electron chi connectivity index (χ3n) is 3.65. The maximum atomic E-state index is 13.4. The van der Waals surface area contributed by atoms with E-state index in [1.54, 1.807) is 17.8 Å². The van der Waals surface area contributed by atoms with Gasteiger partial charge >= 0.3 is 0 Å². The minimum Gasteiger partial charge on any atom is -0.330 e. The molecule has 0 bridgehead atoms. The molecule has 1 heterocycles. The van der Waals surface area contributed by atoms with Crippen LogP contribution in [0, 0.1) is 5.82 Å². The summed E-state index contributed by atoms with van der Waals surface area (Å²) in [6.07, 6.45) is 1.75. The van der Waals surface area contributed by atoms with E-state index < -0.39 is 0 Å². The zero-order valence-electron chi connectivity index (χ0n) is 12.1. The number of benzene rings is 2. The molecule has 0 fully saturated rings. The molecule has 0 radical (unpaired) electrons. The lowest BCUT2D eigenvalue weighted by atomic mass is 10.0. The number of nitrogens with one attached hydrogen (secondary N) is 1. The first-order valence-corrected chi connectivity index (χ1v) is 8.10. The highest BCUT2D eigenvalue weighted by Gasteiger charge is 2.38. The predicted octanol–water partition coefficient (Wildman–Crippen LogP) is 3.42. The quantitative estimate of drug-likeness (QED) is 0.889. The van der Waals surface area contributed by atoms with Crippen LogP contribution in [0.5, 0.6) is 0 Å². The number of nitrogens with zero attached hydrogens (tertiary/aromatic N) is 1. The van der Waals surface area contributed by atoms with E-state index in [-0.39, 0.29) is 10.7 Å². The average molecular weight is 315 g/mol. The molecule has 3 N–H and O–H groups in total. The van der Waals surface area contributed by atoms with Crippen LogP contribution in [0.4, 0.5) is 4.39 Å². The van der Waals surface area contributed by atoms with Gasteiger partial charge in [0.1, 0.15) is 15.7 Å². The molecule has 0 saturated carbocycles.